The fraction of sp³-hybridized carbons (Fsp3) is 0.300. The normalized spacial score (nSPS) is 12.9. The SMILES string of the molecule is C[N+]([O-])=CCc1cccc(C(F)(F)F)c1. The molecule has 0 atom stereocenters. The summed E-state index contributed by atoms with van der Waals surface area (Å²) in [6.45, 7) is 0. The van der Waals surface area contributed by atoms with Crippen LogP contribution < -0.4 is 0 Å². The first kappa shape index (κ1) is 11.6. The Bertz CT molecular complexity index is 367. The predicted molar refractivity (Wildman–Crippen MR) is 50.8 cm³/mol. The highest BCUT2D eigenvalue weighted by atomic mass is 19.4. The lowest BCUT2D eigenvalue weighted by Gasteiger charge is -2.07. The van der Waals surface area contributed by atoms with E-state index in [2.05, 4.69) is 0 Å². The molecular weight excluding hydrogens is 207 g/mol. The van der Waals surface area contributed by atoms with Gasteiger partial charge >= 0.3 is 6.18 Å². The van der Waals surface area contributed by atoms with Crippen molar-refractivity contribution < 1.29 is 17.9 Å². The number of benzene rings is 1. The lowest BCUT2D eigenvalue weighted by molar-refractivity contribution is -0.418. The maximum Gasteiger partial charge on any atom is 0.416 e. The second-order valence-corrected chi connectivity index (χ2v) is 3.13. The van der Waals surface area contributed by atoms with Gasteiger partial charge in [-0.2, -0.15) is 13.2 Å². The van der Waals surface area contributed by atoms with Gasteiger partial charge in [0.15, 0.2) is 6.21 Å². The molecule has 0 fully saturated rings. The minimum Gasteiger partial charge on any atom is -0.624 e. The molecule has 0 saturated carbocycles. The molecule has 1 aromatic rings. The van der Waals surface area contributed by atoms with Gasteiger partial charge in [0, 0.05) is 0 Å². The highest BCUT2D eigenvalue weighted by molar-refractivity contribution is 5.56. The summed E-state index contributed by atoms with van der Waals surface area (Å²) in [6, 6.07) is 4.93. The van der Waals surface area contributed by atoms with E-state index in [1.165, 1.54) is 19.3 Å². The monoisotopic (exact) mass is 217 g/mol. The molecule has 0 aliphatic carbocycles. The van der Waals surface area contributed by atoms with Crippen LogP contribution in [-0.2, 0) is 12.6 Å². The Balaban J connectivity index is 2.89. The molecule has 0 radical (unpaired) electrons. The highest BCUT2D eigenvalue weighted by Crippen LogP contribution is 2.29. The topological polar surface area (TPSA) is 26.1 Å². The Morgan fingerprint density at radius 2 is 2.07 bits per heavy atom. The van der Waals surface area contributed by atoms with Crippen molar-refractivity contribution in [2.24, 2.45) is 0 Å². The molecule has 0 spiro atoms. The molecule has 0 aliphatic heterocycles. The van der Waals surface area contributed by atoms with Gasteiger partial charge in [-0.05, 0) is 11.6 Å². The Kier molecular flexibility index (Phi) is 3.34. The second kappa shape index (κ2) is 4.33. The van der Waals surface area contributed by atoms with Crippen LogP contribution in [0.2, 0.25) is 0 Å². The Morgan fingerprint density at radius 3 is 2.60 bits per heavy atom. The van der Waals surface area contributed by atoms with Crippen LogP contribution in [-0.4, -0.2) is 18.0 Å². The van der Waals surface area contributed by atoms with E-state index in [9.17, 15) is 18.4 Å². The van der Waals surface area contributed by atoms with Gasteiger partial charge in [-0.3, -0.25) is 0 Å². The minimum absolute atomic E-state index is 0.198. The van der Waals surface area contributed by atoms with Gasteiger partial charge < -0.3 is 5.21 Å². The Morgan fingerprint density at radius 1 is 1.40 bits per heavy atom. The van der Waals surface area contributed by atoms with E-state index >= 15 is 0 Å². The van der Waals surface area contributed by atoms with Crippen LogP contribution in [0.15, 0.2) is 24.3 Å². The third-order valence-corrected chi connectivity index (χ3v) is 1.84. The fourth-order valence-corrected chi connectivity index (χ4v) is 1.11. The van der Waals surface area contributed by atoms with Crippen molar-refractivity contribution in [3.63, 3.8) is 0 Å². The van der Waals surface area contributed by atoms with Crippen LogP contribution in [0.4, 0.5) is 13.2 Å². The number of hydroxylamine groups is 1. The molecule has 0 aromatic heterocycles. The van der Waals surface area contributed by atoms with E-state index in [-0.39, 0.29) is 6.42 Å². The molecule has 1 aromatic carbocycles. The summed E-state index contributed by atoms with van der Waals surface area (Å²) in [5.74, 6) is 0. The molecule has 0 N–H and O–H groups in total. The van der Waals surface area contributed by atoms with Gasteiger partial charge in [-0.1, -0.05) is 18.2 Å². The first-order chi connectivity index (χ1) is 6.89. The number of hydrogen-bond donors (Lipinski definition) is 0. The zero-order chi connectivity index (χ0) is 11.5. The molecule has 0 heterocycles. The molecule has 1 rings (SSSR count). The largest absolute Gasteiger partial charge is 0.624 e. The minimum atomic E-state index is -4.33. The Labute approximate surface area is 85.2 Å². The standard InChI is InChI=1S/C10H10F3NO/c1-14(15)6-5-8-3-2-4-9(7-8)10(11,12)13/h2-4,6-7H,5H2,1H3. The van der Waals surface area contributed by atoms with Gasteiger partial charge in [0.2, 0.25) is 0 Å². The predicted octanol–water partition coefficient (Wildman–Crippen LogP) is 2.46. The summed E-state index contributed by atoms with van der Waals surface area (Å²) < 4.78 is 37.4. The first-order valence-electron chi connectivity index (χ1n) is 4.29. The lowest BCUT2D eigenvalue weighted by Crippen LogP contribution is -2.06. The van der Waals surface area contributed by atoms with Crippen LogP contribution in [0, 0.1) is 5.21 Å². The summed E-state index contributed by atoms with van der Waals surface area (Å²) in [5.41, 5.74) is -0.227. The molecule has 5 heteroatoms. The Hall–Kier alpha value is -1.52. The molecular formula is C10H10F3NO. The van der Waals surface area contributed by atoms with Crippen molar-refractivity contribution in [2.45, 2.75) is 12.6 Å². The molecule has 0 unspecified atom stereocenters. The summed E-state index contributed by atoms with van der Waals surface area (Å²) in [5, 5.41) is 10.5. The summed E-state index contributed by atoms with van der Waals surface area (Å²) in [7, 11) is 1.29. The van der Waals surface area contributed by atoms with Gasteiger partial charge in [-0.15, -0.1) is 0 Å². The summed E-state index contributed by atoms with van der Waals surface area (Å²) >= 11 is 0. The zero-order valence-corrected chi connectivity index (χ0v) is 8.08. The van der Waals surface area contributed by atoms with Crippen LogP contribution in [0.3, 0.4) is 0 Å². The summed E-state index contributed by atoms with van der Waals surface area (Å²) in [6.07, 6.45) is -2.86. The van der Waals surface area contributed by atoms with Gasteiger partial charge in [0.25, 0.3) is 0 Å². The molecule has 82 valence electrons. The van der Waals surface area contributed by atoms with E-state index < -0.39 is 11.7 Å². The van der Waals surface area contributed by atoms with Crippen LogP contribution in [0.1, 0.15) is 11.1 Å². The third-order valence-electron chi connectivity index (χ3n) is 1.84. The van der Waals surface area contributed by atoms with Crippen molar-refractivity contribution in [3.05, 3.63) is 40.6 Å². The second-order valence-electron chi connectivity index (χ2n) is 3.13. The zero-order valence-electron chi connectivity index (χ0n) is 8.08. The maximum absolute atomic E-state index is 12.3. The maximum atomic E-state index is 12.3. The van der Waals surface area contributed by atoms with E-state index in [1.807, 2.05) is 0 Å². The van der Waals surface area contributed by atoms with Crippen molar-refractivity contribution in [1.29, 1.82) is 0 Å². The van der Waals surface area contributed by atoms with Crippen molar-refractivity contribution in [3.8, 4) is 0 Å². The number of hydrogen-bond acceptors (Lipinski definition) is 1. The van der Waals surface area contributed by atoms with Crippen LogP contribution in [0.5, 0.6) is 0 Å². The van der Waals surface area contributed by atoms with Crippen molar-refractivity contribution in [1.82, 2.24) is 0 Å². The molecule has 0 saturated heterocycles. The lowest BCUT2D eigenvalue weighted by atomic mass is 10.1. The van der Waals surface area contributed by atoms with E-state index in [0.717, 1.165) is 12.1 Å². The van der Waals surface area contributed by atoms with Gasteiger partial charge in [-0.25, -0.2) is 4.74 Å². The van der Waals surface area contributed by atoms with E-state index in [0.29, 0.717) is 10.3 Å². The van der Waals surface area contributed by atoms with E-state index in [4.69, 9.17) is 0 Å². The fourth-order valence-electron chi connectivity index (χ4n) is 1.11. The number of nitrogens with zero attached hydrogens (tertiary/aromatic N) is 1. The van der Waals surface area contributed by atoms with Crippen molar-refractivity contribution >= 4 is 6.21 Å². The number of rotatable bonds is 2. The smallest absolute Gasteiger partial charge is 0.416 e. The molecule has 0 bridgehead atoms. The quantitative estimate of drug-likeness (QED) is 0.323. The van der Waals surface area contributed by atoms with Crippen molar-refractivity contribution in [2.75, 3.05) is 7.05 Å². The number of halogens is 3. The van der Waals surface area contributed by atoms with E-state index in [1.54, 1.807) is 6.07 Å². The van der Waals surface area contributed by atoms with Crippen LogP contribution >= 0.6 is 0 Å². The molecule has 0 aliphatic rings. The molecule has 2 nitrogen and oxygen atoms in total. The van der Waals surface area contributed by atoms with Gasteiger partial charge in [0.05, 0.1) is 12.0 Å². The summed E-state index contributed by atoms with van der Waals surface area (Å²) in [4.78, 5) is 0. The average molecular weight is 217 g/mol. The highest BCUT2D eigenvalue weighted by Gasteiger charge is 2.30. The van der Waals surface area contributed by atoms with Crippen LogP contribution in [0.25, 0.3) is 0 Å². The van der Waals surface area contributed by atoms with Gasteiger partial charge in [0.1, 0.15) is 7.05 Å². The number of alkyl halides is 3. The third kappa shape index (κ3) is 3.61. The first-order valence-corrected chi connectivity index (χ1v) is 4.29. The molecule has 0 amide bonds. The molecule has 15 heavy (non-hydrogen) atoms. The average Bonchev–Trinajstić information content (AvgIpc) is 2.14.